The largest absolute Gasteiger partial charge is 0.496 e. The molecular weight excluding hydrogens is 238 g/mol. The predicted octanol–water partition coefficient (Wildman–Crippen LogP) is 3.56. The van der Waals surface area contributed by atoms with Gasteiger partial charge in [-0.1, -0.05) is 27.7 Å². The van der Waals surface area contributed by atoms with E-state index in [-0.39, 0.29) is 12.0 Å². The highest BCUT2D eigenvalue weighted by molar-refractivity contribution is 5.58. The zero-order valence-corrected chi connectivity index (χ0v) is 13.0. The topological polar surface area (TPSA) is 41.5 Å². The maximum atomic E-state index is 9.31. The number of hydrogen-bond acceptors (Lipinski definition) is 3. The monoisotopic (exact) mass is 265 g/mol. The van der Waals surface area contributed by atoms with Gasteiger partial charge in [-0.25, -0.2) is 0 Å². The Morgan fingerprint density at radius 2 is 1.95 bits per heavy atom. The van der Waals surface area contributed by atoms with Gasteiger partial charge in [0.1, 0.15) is 5.75 Å². The van der Waals surface area contributed by atoms with Crippen molar-refractivity contribution in [2.45, 2.75) is 40.5 Å². The third-order valence-corrected chi connectivity index (χ3v) is 3.38. The zero-order chi connectivity index (χ0) is 14.6. The highest BCUT2D eigenvalue weighted by Gasteiger charge is 2.17. The van der Waals surface area contributed by atoms with Gasteiger partial charge >= 0.3 is 0 Å². The van der Waals surface area contributed by atoms with E-state index in [1.54, 1.807) is 7.11 Å². The molecule has 0 atom stereocenters. The van der Waals surface area contributed by atoms with Crippen molar-refractivity contribution in [1.29, 1.82) is 0 Å². The number of ether oxygens (including phenoxy) is 1. The number of aryl methyl sites for hydroxylation is 1. The van der Waals surface area contributed by atoms with Crippen molar-refractivity contribution in [1.82, 2.24) is 0 Å². The molecule has 1 aromatic rings. The summed E-state index contributed by atoms with van der Waals surface area (Å²) in [5, 5.41) is 12.7. The number of nitrogens with one attached hydrogen (secondary N) is 1. The van der Waals surface area contributed by atoms with Gasteiger partial charge in [-0.05, 0) is 36.1 Å². The SMILES string of the molecule is COc1cc(C)c(NCC(C)(C)CO)cc1C(C)C. The first kappa shape index (κ1) is 15.8. The molecular formula is C16H27NO2. The lowest BCUT2D eigenvalue weighted by molar-refractivity contribution is 0.171. The minimum Gasteiger partial charge on any atom is -0.496 e. The molecule has 1 rings (SSSR count). The lowest BCUT2D eigenvalue weighted by Gasteiger charge is -2.24. The van der Waals surface area contributed by atoms with Crippen molar-refractivity contribution < 1.29 is 9.84 Å². The van der Waals surface area contributed by atoms with Gasteiger partial charge in [-0.3, -0.25) is 0 Å². The Kier molecular flexibility index (Phi) is 5.24. The van der Waals surface area contributed by atoms with Crippen LogP contribution in [-0.4, -0.2) is 25.4 Å². The van der Waals surface area contributed by atoms with Crippen LogP contribution in [0.2, 0.25) is 0 Å². The minimum atomic E-state index is -0.121. The Labute approximate surface area is 117 Å². The van der Waals surface area contributed by atoms with E-state index >= 15 is 0 Å². The van der Waals surface area contributed by atoms with Gasteiger partial charge in [-0.15, -0.1) is 0 Å². The molecule has 1 aromatic carbocycles. The summed E-state index contributed by atoms with van der Waals surface area (Å²) in [4.78, 5) is 0. The second-order valence-electron chi connectivity index (χ2n) is 6.24. The summed E-state index contributed by atoms with van der Waals surface area (Å²) in [5.41, 5.74) is 3.36. The molecule has 3 nitrogen and oxygen atoms in total. The molecule has 0 unspecified atom stereocenters. The normalized spacial score (nSPS) is 11.8. The van der Waals surface area contributed by atoms with Crippen LogP contribution >= 0.6 is 0 Å². The lowest BCUT2D eigenvalue weighted by Crippen LogP contribution is -2.27. The van der Waals surface area contributed by atoms with Crippen molar-refractivity contribution in [3.63, 3.8) is 0 Å². The van der Waals surface area contributed by atoms with E-state index in [4.69, 9.17) is 4.74 Å². The summed E-state index contributed by atoms with van der Waals surface area (Å²) in [7, 11) is 1.71. The first-order chi connectivity index (χ1) is 8.80. The average Bonchev–Trinajstić information content (AvgIpc) is 2.36. The Morgan fingerprint density at radius 3 is 2.42 bits per heavy atom. The number of methoxy groups -OCH3 is 1. The van der Waals surface area contributed by atoms with Gasteiger partial charge in [0.2, 0.25) is 0 Å². The summed E-state index contributed by atoms with van der Waals surface area (Å²) in [5.74, 6) is 1.36. The summed E-state index contributed by atoms with van der Waals surface area (Å²) >= 11 is 0. The van der Waals surface area contributed by atoms with Crippen molar-refractivity contribution in [2.75, 3.05) is 25.6 Å². The van der Waals surface area contributed by atoms with Crippen molar-refractivity contribution in [3.8, 4) is 5.75 Å². The molecule has 0 aliphatic heterocycles. The Bertz CT molecular complexity index is 425. The standard InChI is InChI=1S/C16H27NO2/c1-11(2)13-8-14(12(3)7-15(13)19-6)17-9-16(4,5)10-18/h7-8,11,17-18H,9-10H2,1-6H3. The molecule has 0 heterocycles. The molecule has 0 radical (unpaired) electrons. The molecule has 0 saturated heterocycles. The fourth-order valence-corrected chi connectivity index (χ4v) is 1.91. The van der Waals surface area contributed by atoms with E-state index in [2.05, 4.69) is 38.2 Å². The van der Waals surface area contributed by atoms with E-state index < -0.39 is 0 Å². The second-order valence-corrected chi connectivity index (χ2v) is 6.24. The van der Waals surface area contributed by atoms with E-state index in [0.29, 0.717) is 5.92 Å². The third kappa shape index (κ3) is 4.13. The molecule has 0 bridgehead atoms. The Hall–Kier alpha value is -1.22. The maximum absolute atomic E-state index is 9.31. The number of anilines is 1. The summed E-state index contributed by atoms with van der Waals surface area (Å²) in [6, 6.07) is 4.23. The maximum Gasteiger partial charge on any atom is 0.122 e. The fourth-order valence-electron chi connectivity index (χ4n) is 1.91. The summed E-state index contributed by atoms with van der Waals surface area (Å²) in [6.07, 6.45) is 0. The van der Waals surface area contributed by atoms with Crippen LogP contribution in [0.1, 0.15) is 44.7 Å². The van der Waals surface area contributed by atoms with Crippen molar-refractivity contribution >= 4 is 5.69 Å². The predicted molar refractivity (Wildman–Crippen MR) is 81.2 cm³/mol. The van der Waals surface area contributed by atoms with Gasteiger partial charge in [0, 0.05) is 24.3 Å². The van der Waals surface area contributed by atoms with Crippen LogP contribution in [0.4, 0.5) is 5.69 Å². The van der Waals surface area contributed by atoms with Gasteiger partial charge in [0.15, 0.2) is 0 Å². The minimum absolute atomic E-state index is 0.121. The van der Waals surface area contributed by atoms with Crippen LogP contribution in [0.3, 0.4) is 0 Å². The molecule has 2 N–H and O–H groups in total. The molecule has 0 spiro atoms. The average molecular weight is 265 g/mol. The fraction of sp³-hybridized carbons (Fsp3) is 0.625. The highest BCUT2D eigenvalue weighted by atomic mass is 16.5. The van der Waals surface area contributed by atoms with Gasteiger partial charge in [-0.2, -0.15) is 0 Å². The molecule has 108 valence electrons. The van der Waals surface area contributed by atoms with Crippen LogP contribution in [0.5, 0.6) is 5.75 Å². The van der Waals surface area contributed by atoms with Crippen LogP contribution in [0.15, 0.2) is 12.1 Å². The zero-order valence-electron chi connectivity index (χ0n) is 13.0. The first-order valence-electron chi connectivity index (χ1n) is 6.84. The van der Waals surface area contributed by atoms with Crippen molar-refractivity contribution in [3.05, 3.63) is 23.3 Å². The molecule has 0 fully saturated rings. The second kappa shape index (κ2) is 6.29. The summed E-state index contributed by atoms with van der Waals surface area (Å²) in [6.45, 7) is 11.4. The van der Waals surface area contributed by atoms with E-state index in [1.165, 1.54) is 5.56 Å². The number of aliphatic hydroxyl groups excluding tert-OH is 1. The van der Waals surface area contributed by atoms with Crippen LogP contribution in [0.25, 0.3) is 0 Å². The molecule has 0 amide bonds. The van der Waals surface area contributed by atoms with Crippen molar-refractivity contribution in [2.24, 2.45) is 5.41 Å². The first-order valence-corrected chi connectivity index (χ1v) is 6.84. The highest BCUT2D eigenvalue weighted by Crippen LogP contribution is 2.32. The molecule has 0 aliphatic carbocycles. The van der Waals surface area contributed by atoms with Gasteiger partial charge in [0.05, 0.1) is 7.11 Å². The van der Waals surface area contributed by atoms with Crippen LogP contribution in [0, 0.1) is 12.3 Å². The smallest absolute Gasteiger partial charge is 0.122 e. The van der Waals surface area contributed by atoms with E-state index in [9.17, 15) is 5.11 Å². The quantitative estimate of drug-likeness (QED) is 0.826. The van der Waals surface area contributed by atoms with Gasteiger partial charge < -0.3 is 15.2 Å². The number of benzene rings is 1. The third-order valence-electron chi connectivity index (χ3n) is 3.38. The molecule has 19 heavy (non-hydrogen) atoms. The van der Waals surface area contributed by atoms with E-state index in [1.807, 2.05) is 13.8 Å². The van der Waals surface area contributed by atoms with Crippen LogP contribution in [-0.2, 0) is 0 Å². The van der Waals surface area contributed by atoms with Crippen LogP contribution < -0.4 is 10.1 Å². The number of hydrogen-bond donors (Lipinski definition) is 2. The lowest BCUT2D eigenvalue weighted by atomic mass is 9.94. The Morgan fingerprint density at radius 1 is 1.32 bits per heavy atom. The summed E-state index contributed by atoms with van der Waals surface area (Å²) < 4.78 is 5.44. The van der Waals surface area contributed by atoms with Gasteiger partial charge in [0.25, 0.3) is 0 Å². The molecule has 0 saturated carbocycles. The number of rotatable bonds is 6. The number of aliphatic hydroxyl groups is 1. The molecule has 0 aromatic heterocycles. The molecule has 0 aliphatic rings. The molecule has 3 heteroatoms. The Balaban J connectivity index is 2.99. The van der Waals surface area contributed by atoms with E-state index in [0.717, 1.165) is 23.5 Å².